The van der Waals surface area contributed by atoms with Gasteiger partial charge in [0.1, 0.15) is 23.7 Å². The molecule has 1 spiro atoms. The molecule has 10 heteroatoms. The molecule has 0 saturated carbocycles. The zero-order chi connectivity index (χ0) is 28.6. The van der Waals surface area contributed by atoms with Crippen LogP contribution in [0.3, 0.4) is 0 Å². The van der Waals surface area contributed by atoms with Crippen LogP contribution in [0.5, 0.6) is 0 Å². The summed E-state index contributed by atoms with van der Waals surface area (Å²) in [4.78, 5) is 57.7. The number of ether oxygens (including phenoxy) is 2. The first kappa shape index (κ1) is 28.0. The lowest BCUT2D eigenvalue weighted by molar-refractivity contribution is -0.159. The first-order valence-corrected chi connectivity index (χ1v) is 14.0. The number of hydrogen-bond acceptors (Lipinski definition) is 7. The number of fused-ring (bicyclic) bond motifs is 2. The molecule has 2 N–H and O–H groups in total. The molecule has 214 valence electrons. The lowest BCUT2D eigenvalue weighted by Crippen LogP contribution is -2.58. The number of hydrogen-bond donors (Lipinski definition) is 2. The summed E-state index contributed by atoms with van der Waals surface area (Å²) in [6.45, 7) is 5.46. The summed E-state index contributed by atoms with van der Waals surface area (Å²) in [6.07, 6.45) is 6.58. The maximum atomic E-state index is 14.5. The predicted octanol–water partition coefficient (Wildman–Crippen LogP) is 1.51. The molecule has 40 heavy (non-hydrogen) atoms. The zero-order valence-corrected chi connectivity index (χ0v) is 23.1. The average Bonchev–Trinajstić information content (AvgIpc) is 3.57. The van der Waals surface area contributed by atoms with Gasteiger partial charge in [-0.2, -0.15) is 0 Å². The van der Waals surface area contributed by atoms with Crippen molar-refractivity contribution < 1.29 is 33.8 Å². The van der Waals surface area contributed by atoms with Crippen LogP contribution in [0.4, 0.5) is 0 Å². The summed E-state index contributed by atoms with van der Waals surface area (Å²) >= 11 is 0. The van der Waals surface area contributed by atoms with Crippen LogP contribution in [0.25, 0.3) is 0 Å². The number of carbonyl (C=O) groups is 4. The van der Waals surface area contributed by atoms with Gasteiger partial charge in [-0.15, -0.1) is 0 Å². The number of amides is 3. The van der Waals surface area contributed by atoms with Crippen molar-refractivity contribution in [1.82, 2.24) is 15.1 Å². The Morgan fingerprint density at radius 2 is 1.85 bits per heavy atom. The average molecular weight is 552 g/mol. The number of nitrogens with zero attached hydrogens (tertiary/aromatic N) is 2. The number of benzene rings is 1. The van der Waals surface area contributed by atoms with Gasteiger partial charge in [0.15, 0.2) is 0 Å². The Morgan fingerprint density at radius 1 is 1.10 bits per heavy atom. The van der Waals surface area contributed by atoms with Crippen molar-refractivity contribution in [1.29, 1.82) is 0 Å². The van der Waals surface area contributed by atoms with E-state index in [-0.39, 0.29) is 37.4 Å². The maximum Gasteiger partial charge on any atom is 0.313 e. The fourth-order valence-corrected chi connectivity index (χ4v) is 6.42. The Morgan fingerprint density at radius 3 is 2.55 bits per heavy atom. The van der Waals surface area contributed by atoms with Crippen LogP contribution >= 0.6 is 0 Å². The van der Waals surface area contributed by atoms with Gasteiger partial charge in [-0.3, -0.25) is 19.2 Å². The molecule has 3 amide bonds. The van der Waals surface area contributed by atoms with Crippen molar-refractivity contribution in [2.45, 2.75) is 69.5 Å². The van der Waals surface area contributed by atoms with Gasteiger partial charge in [0, 0.05) is 19.0 Å². The van der Waals surface area contributed by atoms with Gasteiger partial charge in [-0.25, -0.2) is 0 Å². The summed E-state index contributed by atoms with van der Waals surface area (Å²) in [5.41, 5.74) is -0.708. The topological polar surface area (TPSA) is 125 Å². The second-order valence-corrected chi connectivity index (χ2v) is 11.2. The molecule has 0 radical (unpaired) electrons. The first-order chi connectivity index (χ1) is 19.2. The standard InChI is InChI=1S/C30H37N3O7/c1-18(2)32-15-9-5-8-12-23(35)31-16-19(3)39-29(38)24-22-13-14-30(40-22)25(24)27(36)33(26(30)28(32)37)21(17-34)20-10-6-4-7-11-20/h4-7,9-11,13-14,18-19,21-22,24-26,34H,8,12,15-17H2,1-3H3,(H,31,35)/b9-5-/t19-,21-,22+,24-,25-,26+,30-/m1/s1. The molecule has 1 aromatic carbocycles. The molecule has 0 aromatic heterocycles. The minimum absolute atomic E-state index is 0.140. The van der Waals surface area contributed by atoms with Crippen LogP contribution in [-0.2, 0) is 28.7 Å². The maximum absolute atomic E-state index is 14.5. The van der Waals surface area contributed by atoms with E-state index in [1.54, 1.807) is 36.1 Å². The number of allylic oxidation sites excluding steroid dienone is 1. The van der Waals surface area contributed by atoms with Crippen molar-refractivity contribution in [3.63, 3.8) is 0 Å². The smallest absolute Gasteiger partial charge is 0.313 e. The van der Waals surface area contributed by atoms with E-state index < -0.39 is 60.2 Å². The SMILES string of the molecule is CC(C)N1C/C=C\CCC(=O)NC[C@@H](C)OC(=O)[C@@H]2[C@@H]3C=C[C@]4(O3)[C@H](C1=O)N([C@H](CO)c1ccccc1)C(=O)[C@@H]24. The number of carbonyl (C=O) groups excluding carboxylic acids is 4. The Bertz CT molecular complexity index is 1210. The van der Waals surface area contributed by atoms with Crippen LogP contribution in [0.15, 0.2) is 54.6 Å². The largest absolute Gasteiger partial charge is 0.460 e. The summed E-state index contributed by atoms with van der Waals surface area (Å²) in [5.74, 6) is -3.51. The highest BCUT2D eigenvalue weighted by atomic mass is 16.6. The highest BCUT2D eigenvalue weighted by Gasteiger charge is 2.74. The van der Waals surface area contributed by atoms with Gasteiger partial charge >= 0.3 is 5.97 Å². The fraction of sp³-hybridized carbons (Fsp3) is 0.533. The monoisotopic (exact) mass is 551 g/mol. The number of esters is 1. The number of rotatable bonds is 4. The molecule has 4 heterocycles. The van der Waals surface area contributed by atoms with Crippen molar-refractivity contribution in [2.75, 3.05) is 19.7 Å². The van der Waals surface area contributed by atoms with E-state index in [2.05, 4.69) is 5.32 Å². The number of cyclic esters (lactones) is 1. The van der Waals surface area contributed by atoms with Crippen molar-refractivity contribution >= 4 is 23.7 Å². The zero-order valence-electron chi connectivity index (χ0n) is 23.1. The lowest BCUT2D eigenvalue weighted by Gasteiger charge is -2.40. The van der Waals surface area contributed by atoms with E-state index in [9.17, 15) is 24.3 Å². The molecule has 10 nitrogen and oxygen atoms in total. The third kappa shape index (κ3) is 4.73. The number of likely N-dealkylation sites (tertiary alicyclic amines) is 1. The van der Waals surface area contributed by atoms with Crippen molar-refractivity contribution in [3.8, 4) is 0 Å². The molecule has 7 atom stereocenters. The van der Waals surface area contributed by atoms with Gasteiger partial charge in [0.25, 0.3) is 0 Å². The normalized spacial score (nSPS) is 34.2. The Labute approximate surface area is 234 Å². The number of aliphatic hydroxyl groups excluding tert-OH is 1. The van der Waals surface area contributed by atoms with Gasteiger partial charge in [-0.1, -0.05) is 54.6 Å². The highest BCUT2D eigenvalue weighted by molar-refractivity contribution is 5.99. The predicted molar refractivity (Wildman–Crippen MR) is 144 cm³/mol. The van der Waals surface area contributed by atoms with Gasteiger partial charge in [0.05, 0.1) is 31.2 Å². The van der Waals surface area contributed by atoms with E-state index in [0.29, 0.717) is 12.0 Å². The molecular weight excluding hydrogens is 514 g/mol. The summed E-state index contributed by atoms with van der Waals surface area (Å²) in [7, 11) is 0. The summed E-state index contributed by atoms with van der Waals surface area (Å²) in [5, 5.41) is 13.4. The molecule has 1 aromatic rings. The van der Waals surface area contributed by atoms with Gasteiger partial charge in [0.2, 0.25) is 17.7 Å². The highest BCUT2D eigenvalue weighted by Crippen LogP contribution is 2.57. The van der Waals surface area contributed by atoms with E-state index in [0.717, 1.165) is 0 Å². The second-order valence-electron chi connectivity index (χ2n) is 11.2. The molecule has 0 unspecified atom stereocenters. The molecular formula is C30H37N3O7. The lowest BCUT2D eigenvalue weighted by atomic mass is 9.74. The van der Waals surface area contributed by atoms with Gasteiger partial charge in [-0.05, 0) is 32.8 Å². The molecule has 2 saturated heterocycles. The molecule has 4 aliphatic rings. The first-order valence-electron chi connectivity index (χ1n) is 14.0. The molecule has 2 fully saturated rings. The second kappa shape index (κ2) is 11.2. The molecule has 5 bridgehead atoms. The number of nitrogens with one attached hydrogen (secondary N) is 1. The van der Waals surface area contributed by atoms with Gasteiger partial charge < -0.3 is 29.7 Å². The van der Waals surface area contributed by atoms with E-state index in [1.165, 1.54) is 4.90 Å². The van der Waals surface area contributed by atoms with Crippen LogP contribution in [-0.4, -0.2) is 88.2 Å². The Balaban J connectivity index is 1.61. The minimum Gasteiger partial charge on any atom is -0.460 e. The number of aliphatic hydroxyl groups is 1. The third-order valence-corrected chi connectivity index (χ3v) is 8.33. The molecule has 4 aliphatic heterocycles. The van der Waals surface area contributed by atoms with Crippen molar-refractivity contribution in [2.24, 2.45) is 11.8 Å². The fourth-order valence-electron chi connectivity index (χ4n) is 6.42. The molecule has 5 rings (SSSR count). The quantitative estimate of drug-likeness (QED) is 0.429. The van der Waals surface area contributed by atoms with Crippen molar-refractivity contribution in [3.05, 3.63) is 60.2 Å². The minimum atomic E-state index is -1.38. The van der Waals surface area contributed by atoms with Crippen LogP contribution in [0, 0.1) is 11.8 Å². The molecule has 0 aliphatic carbocycles. The Hall–Kier alpha value is -3.50. The van der Waals surface area contributed by atoms with Crippen LogP contribution in [0.1, 0.15) is 45.2 Å². The third-order valence-electron chi connectivity index (χ3n) is 8.33. The van der Waals surface area contributed by atoms with E-state index >= 15 is 0 Å². The summed E-state index contributed by atoms with van der Waals surface area (Å²) < 4.78 is 12.1. The van der Waals surface area contributed by atoms with Crippen LogP contribution < -0.4 is 5.32 Å². The van der Waals surface area contributed by atoms with E-state index in [4.69, 9.17) is 9.47 Å². The van der Waals surface area contributed by atoms with E-state index in [1.807, 2.05) is 44.2 Å². The summed E-state index contributed by atoms with van der Waals surface area (Å²) in [6, 6.07) is 6.93. The Kier molecular flexibility index (Phi) is 7.83. The van der Waals surface area contributed by atoms with Crippen LogP contribution in [0.2, 0.25) is 0 Å².